The van der Waals surface area contributed by atoms with E-state index in [0.29, 0.717) is 18.7 Å². The zero-order chi connectivity index (χ0) is 15.2. The Labute approximate surface area is 129 Å². The number of carbonyl (C=O) groups excluding carboxylic acids is 1. The number of ether oxygens (including phenoxy) is 1. The lowest BCUT2D eigenvalue weighted by atomic mass is 10.1. The first-order valence-corrected chi connectivity index (χ1v) is 7.76. The molecule has 21 heavy (non-hydrogen) atoms. The van der Waals surface area contributed by atoms with Crippen LogP contribution in [0.3, 0.4) is 0 Å². The summed E-state index contributed by atoms with van der Waals surface area (Å²) >= 11 is 1.62. The highest BCUT2D eigenvalue weighted by Gasteiger charge is 2.11. The summed E-state index contributed by atoms with van der Waals surface area (Å²) in [6, 6.07) is 7.63. The summed E-state index contributed by atoms with van der Waals surface area (Å²) in [4.78, 5) is 18.4. The number of thiazole rings is 1. The predicted molar refractivity (Wildman–Crippen MR) is 85.7 cm³/mol. The Bertz CT molecular complexity index is 593. The number of aryl methyl sites for hydroxylation is 1. The van der Waals surface area contributed by atoms with Gasteiger partial charge in [0.2, 0.25) is 0 Å². The van der Waals surface area contributed by atoms with Crippen LogP contribution in [0.2, 0.25) is 0 Å². The smallest absolute Gasteiger partial charge is 0.253 e. The number of carbonyl (C=O) groups is 1. The van der Waals surface area contributed by atoms with Gasteiger partial charge in [0, 0.05) is 49.5 Å². The minimum absolute atomic E-state index is 0.0352. The Morgan fingerprint density at radius 3 is 2.62 bits per heavy atom. The molecule has 1 heterocycles. The molecule has 1 amide bonds. The topological polar surface area (TPSA) is 42.4 Å². The van der Waals surface area contributed by atoms with Crippen molar-refractivity contribution in [2.24, 2.45) is 0 Å². The van der Waals surface area contributed by atoms with Crippen LogP contribution < -0.4 is 0 Å². The van der Waals surface area contributed by atoms with Crippen molar-refractivity contribution >= 4 is 17.2 Å². The van der Waals surface area contributed by atoms with Crippen LogP contribution in [0.15, 0.2) is 29.6 Å². The fraction of sp³-hybridized carbons (Fsp3) is 0.375. The maximum atomic E-state index is 12.3. The van der Waals surface area contributed by atoms with Gasteiger partial charge in [0.15, 0.2) is 0 Å². The number of rotatable bonds is 6. The van der Waals surface area contributed by atoms with E-state index in [4.69, 9.17) is 4.74 Å². The van der Waals surface area contributed by atoms with Crippen LogP contribution in [0, 0.1) is 6.92 Å². The molecular weight excluding hydrogens is 284 g/mol. The normalized spacial score (nSPS) is 10.6. The molecule has 0 unspecified atom stereocenters. The summed E-state index contributed by atoms with van der Waals surface area (Å²) < 4.78 is 5.00. The van der Waals surface area contributed by atoms with Gasteiger partial charge in [-0.3, -0.25) is 4.79 Å². The molecule has 1 aromatic heterocycles. The summed E-state index contributed by atoms with van der Waals surface area (Å²) in [7, 11) is 3.48. The van der Waals surface area contributed by atoms with E-state index in [1.54, 1.807) is 23.3 Å². The zero-order valence-electron chi connectivity index (χ0n) is 12.6. The molecule has 2 rings (SSSR count). The van der Waals surface area contributed by atoms with Crippen molar-refractivity contribution in [3.63, 3.8) is 0 Å². The van der Waals surface area contributed by atoms with Gasteiger partial charge in [-0.05, 0) is 25.5 Å². The largest absolute Gasteiger partial charge is 0.385 e. The van der Waals surface area contributed by atoms with Crippen LogP contribution in [-0.4, -0.2) is 43.1 Å². The summed E-state index contributed by atoms with van der Waals surface area (Å²) in [6.07, 6.45) is 0.842. The van der Waals surface area contributed by atoms with Crippen molar-refractivity contribution in [2.75, 3.05) is 27.3 Å². The van der Waals surface area contributed by atoms with Gasteiger partial charge < -0.3 is 9.64 Å². The first-order chi connectivity index (χ1) is 10.1. The van der Waals surface area contributed by atoms with Gasteiger partial charge in [-0.15, -0.1) is 11.3 Å². The molecule has 0 saturated heterocycles. The highest BCUT2D eigenvalue weighted by molar-refractivity contribution is 7.13. The number of nitrogens with zero attached hydrogens (tertiary/aromatic N) is 2. The second-order valence-electron chi connectivity index (χ2n) is 4.94. The van der Waals surface area contributed by atoms with E-state index in [1.165, 1.54) is 0 Å². The monoisotopic (exact) mass is 304 g/mol. The van der Waals surface area contributed by atoms with Gasteiger partial charge in [-0.2, -0.15) is 0 Å². The lowest BCUT2D eigenvalue weighted by molar-refractivity contribution is 0.0779. The quantitative estimate of drug-likeness (QED) is 0.770. The SMILES string of the molecule is COCCCN(C)C(=O)c1ccc(-c2nc(C)cs2)cc1. The molecule has 5 heteroatoms. The van der Waals surface area contributed by atoms with E-state index in [0.717, 1.165) is 22.7 Å². The Kier molecular flexibility index (Phi) is 5.47. The third kappa shape index (κ3) is 4.12. The fourth-order valence-electron chi connectivity index (χ4n) is 2.01. The summed E-state index contributed by atoms with van der Waals surface area (Å²) in [6.45, 7) is 3.34. The van der Waals surface area contributed by atoms with Gasteiger partial charge in [-0.25, -0.2) is 4.98 Å². The molecule has 1 aromatic carbocycles. The lowest BCUT2D eigenvalue weighted by Gasteiger charge is -2.17. The van der Waals surface area contributed by atoms with Crippen LogP contribution in [0.25, 0.3) is 10.6 Å². The molecule has 0 atom stereocenters. The fourth-order valence-corrected chi connectivity index (χ4v) is 2.81. The first-order valence-electron chi connectivity index (χ1n) is 6.89. The maximum Gasteiger partial charge on any atom is 0.253 e. The highest BCUT2D eigenvalue weighted by atomic mass is 32.1. The van der Waals surface area contributed by atoms with Crippen molar-refractivity contribution in [2.45, 2.75) is 13.3 Å². The maximum absolute atomic E-state index is 12.3. The van der Waals surface area contributed by atoms with Crippen LogP contribution in [0.1, 0.15) is 22.5 Å². The van der Waals surface area contributed by atoms with Crippen molar-refractivity contribution in [3.8, 4) is 10.6 Å². The van der Waals surface area contributed by atoms with Crippen LogP contribution in [0.5, 0.6) is 0 Å². The van der Waals surface area contributed by atoms with E-state index < -0.39 is 0 Å². The molecular formula is C16H20N2O2S. The van der Waals surface area contributed by atoms with Crippen molar-refractivity contribution in [3.05, 3.63) is 40.9 Å². The molecule has 2 aromatic rings. The van der Waals surface area contributed by atoms with Gasteiger partial charge in [0.1, 0.15) is 5.01 Å². The number of methoxy groups -OCH3 is 1. The molecule has 0 radical (unpaired) electrons. The first kappa shape index (κ1) is 15.7. The molecule has 0 N–H and O–H groups in total. The van der Waals surface area contributed by atoms with E-state index in [-0.39, 0.29) is 5.91 Å². The lowest BCUT2D eigenvalue weighted by Crippen LogP contribution is -2.28. The number of hydrogen-bond acceptors (Lipinski definition) is 4. The van der Waals surface area contributed by atoms with Crippen molar-refractivity contribution < 1.29 is 9.53 Å². The number of benzene rings is 1. The number of aromatic nitrogens is 1. The van der Waals surface area contributed by atoms with E-state index in [2.05, 4.69) is 4.98 Å². The van der Waals surface area contributed by atoms with Crippen LogP contribution >= 0.6 is 11.3 Å². The minimum atomic E-state index is 0.0352. The Morgan fingerprint density at radius 1 is 1.33 bits per heavy atom. The van der Waals surface area contributed by atoms with E-state index in [1.807, 2.05) is 43.6 Å². The number of amides is 1. The van der Waals surface area contributed by atoms with Crippen molar-refractivity contribution in [1.29, 1.82) is 0 Å². The molecule has 0 aliphatic carbocycles. The second-order valence-corrected chi connectivity index (χ2v) is 5.80. The third-order valence-corrected chi connectivity index (χ3v) is 4.20. The highest BCUT2D eigenvalue weighted by Crippen LogP contribution is 2.23. The Hall–Kier alpha value is -1.72. The van der Waals surface area contributed by atoms with Crippen molar-refractivity contribution in [1.82, 2.24) is 9.88 Å². The molecule has 0 aliphatic rings. The average molecular weight is 304 g/mol. The summed E-state index contributed by atoms with van der Waals surface area (Å²) in [5.41, 5.74) is 2.77. The van der Waals surface area contributed by atoms with Gasteiger partial charge in [0.25, 0.3) is 5.91 Å². The number of hydrogen-bond donors (Lipinski definition) is 0. The summed E-state index contributed by atoms with van der Waals surface area (Å²) in [5, 5.41) is 3.01. The molecule has 0 aliphatic heterocycles. The third-order valence-electron chi connectivity index (χ3n) is 3.19. The molecule has 0 spiro atoms. The zero-order valence-corrected chi connectivity index (χ0v) is 13.4. The minimum Gasteiger partial charge on any atom is -0.385 e. The predicted octanol–water partition coefficient (Wildman–Crippen LogP) is 3.23. The standard InChI is InChI=1S/C16H20N2O2S/c1-12-11-21-15(17-12)13-5-7-14(8-6-13)16(19)18(2)9-4-10-20-3/h5-8,11H,4,9-10H2,1-3H3. The Morgan fingerprint density at radius 2 is 2.05 bits per heavy atom. The van der Waals surface area contributed by atoms with E-state index >= 15 is 0 Å². The van der Waals surface area contributed by atoms with Gasteiger partial charge >= 0.3 is 0 Å². The molecule has 0 saturated carbocycles. The van der Waals surface area contributed by atoms with Crippen LogP contribution in [0.4, 0.5) is 0 Å². The molecule has 112 valence electrons. The van der Waals surface area contributed by atoms with Crippen LogP contribution in [-0.2, 0) is 4.74 Å². The second kappa shape index (κ2) is 7.33. The molecule has 4 nitrogen and oxygen atoms in total. The molecule has 0 fully saturated rings. The van der Waals surface area contributed by atoms with Gasteiger partial charge in [-0.1, -0.05) is 12.1 Å². The Balaban J connectivity index is 2.02. The van der Waals surface area contributed by atoms with Gasteiger partial charge in [0.05, 0.1) is 0 Å². The summed E-state index contributed by atoms with van der Waals surface area (Å²) in [5.74, 6) is 0.0352. The van der Waals surface area contributed by atoms with E-state index in [9.17, 15) is 4.79 Å². The molecule has 0 bridgehead atoms. The average Bonchev–Trinajstić information content (AvgIpc) is 2.93.